The quantitative estimate of drug-likeness (QED) is 0.699. The van der Waals surface area contributed by atoms with Crippen LogP contribution in [-0.4, -0.2) is 4.98 Å². The topological polar surface area (TPSA) is 46.0 Å². The van der Waals surface area contributed by atoms with Gasteiger partial charge in [0.1, 0.15) is 0 Å². The van der Waals surface area contributed by atoms with E-state index in [1.165, 1.54) is 0 Å². The fraction of sp³-hybridized carbons (Fsp3) is 0.364. The van der Waals surface area contributed by atoms with Gasteiger partial charge in [-0.2, -0.15) is 0 Å². The number of rotatable bonds is 0. The molecule has 2 rings (SSSR count). The van der Waals surface area contributed by atoms with Crippen LogP contribution < -0.4 is 5.76 Å². The molecular weight excluding hydrogens is 178 g/mol. The van der Waals surface area contributed by atoms with Crippen molar-refractivity contribution in [2.75, 3.05) is 0 Å². The minimum Gasteiger partial charge on any atom is -0.408 e. The first kappa shape index (κ1) is 10.6. The van der Waals surface area contributed by atoms with Crippen LogP contribution in [0.2, 0.25) is 0 Å². The Labute approximate surface area is 82.8 Å². The molecule has 1 N–H and O–H groups in total. The fourth-order valence-corrected chi connectivity index (χ4v) is 1.41. The van der Waals surface area contributed by atoms with Crippen molar-refractivity contribution in [2.45, 2.75) is 27.7 Å². The van der Waals surface area contributed by atoms with Gasteiger partial charge in [-0.05, 0) is 31.0 Å². The highest BCUT2D eigenvalue weighted by Crippen LogP contribution is 2.16. The van der Waals surface area contributed by atoms with Crippen LogP contribution >= 0.6 is 0 Å². The third-order valence-electron chi connectivity index (χ3n) is 1.85. The summed E-state index contributed by atoms with van der Waals surface area (Å²) >= 11 is 0. The van der Waals surface area contributed by atoms with Gasteiger partial charge in [-0.25, -0.2) is 4.79 Å². The minimum atomic E-state index is -0.390. The van der Waals surface area contributed by atoms with Crippen molar-refractivity contribution in [3.8, 4) is 0 Å². The Hall–Kier alpha value is -1.51. The van der Waals surface area contributed by atoms with Gasteiger partial charge in [0.25, 0.3) is 0 Å². The summed E-state index contributed by atoms with van der Waals surface area (Å²) in [7, 11) is 0. The van der Waals surface area contributed by atoms with E-state index in [9.17, 15) is 4.79 Å². The molecule has 0 spiro atoms. The lowest BCUT2D eigenvalue weighted by Crippen LogP contribution is -1.92. The normalized spacial score (nSPS) is 9.71. The van der Waals surface area contributed by atoms with Crippen molar-refractivity contribution in [3.63, 3.8) is 0 Å². The molecule has 0 bridgehead atoms. The van der Waals surface area contributed by atoms with E-state index < -0.39 is 5.76 Å². The molecule has 0 saturated heterocycles. The van der Waals surface area contributed by atoms with Gasteiger partial charge in [-0.1, -0.05) is 19.9 Å². The van der Waals surface area contributed by atoms with Gasteiger partial charge < -0.3 is 4.42 Å². The lowest BCUT2D eigenvalue weighted by molar-refractivity contribution is 0.553. The van der Waals surface area contributed by atoms with Crippen molar-refractivity contribution in [3.05, 3.63) is 33.8 Å². The molecule has 0 amide bonds. The fourth-order valence-electron chi connectivity index (χ4n) is 1.41. The van der Waals surface area contributed by atoms with Crippen LogP contribution in [-0.2, 0) is 0 Å². The van der Waals surface area contributed by atoms with Gasteiger partial charge in [-0.15, -0.1) is 0 Å². The SMILES string of the molecule is CC.Cc1cc(C)c2oc(=O)[nH]c2c1. The molecule has 14 heavy (non-hydrogen) atoms. The number of hydrogen-bond acceptors (Lipinski definition) is 2. The van der Waals surface area contributed by atoms with E-state index in [0.717, 1.165) is 16.6 Å². The Bertz CT molecular complexity index is 479. The van der Waals surface area contributed by atoms with Crippen LogP contribution in [0.15, 0.2) is 21.3 Å². The van der Waals surface area contributed by atoms with Crippen LogP contribution in [0, 0.1) is 13.8 Å². The second kappa shape index (κ2) is 4.13. The first-order chi connectivity index (χ1) is 6.66. The molecule has 1 heterocycles. The number of H-pyrrole nitrogens is 1. The van der Waals surface area contributed by atoms with E-state index in [1.54, 1.807) is 0 Å². The summed E-state index contributed by atoms with van der Waals surface area (Å²) in [5, 5.41) is 0. The summed E-state index contributed by atoms with van der Waals surface area (Å²) in [6.07, 6.45) is 0. The molecule has 0 aliphatic carbocycles. The van der Waals surface area contributed by atoms with E-state index >= 15 is 0 Å². The maximum absolute atomic E-state index is 10.8. The zero-order chi connectivity index (χ0) is 10.7. The first-order valence-corrected chi connectivity index (χ1v) is 4.77. The molecule has 0 fully saturated rings. The molecule has 0 aliphatic heterocycles. The minimum absolute atomic E-state index is 0.390. The molecule has 1 aromatic carbocycles. The second-order valence-corrected chi connectivity index (χ2v) is 2.97. The van der Waals surface area contributed by atoms with Crippen LogP contribution in [0.3, 0.4) is 0 Å². The summed E-state index contributed by atoms with van der Waals surface area (Å²) in [4.78, 5) is 13.4. The Kier molecular flexibility index (Phi) is 3.12. The molecule has 76 valence electrons. The molecule has 2 aromatic rings. The standard InChI is InChI=1S/C9H9NO2.C2H6/c1-5-3-6(2)8-7(4-5)10-9(11)12-8;1-2/h3-4H,1-2H3,(H,10,11);1-2H3. The Morgan fingerprint density at radius 1 is 1.21 bits per heavy atom. The smallest absolute Gasteiger partial charge is 0.408 e. The van der Waals surface area contributed by atoms with Crippen LogP contribution in [0.25, 0.3) is 11.1 Å². The van der Waals surface area contributed by atoms with Gasteiger partial charge >= 0.3 is 5.76 Å². The summed E-state index contributed by atoms with van der Waals surface area (Å²) in [5.74, 6) is -0.390. The molecule has 0 atom stereocenters. The van der Waals surface area contributed by atoms with E-state index in [4.69, 9.17) is 4.42 Å². The number of oxazole rings is 1. The van der Waals surface area contributed by atoms with Gasteiger partial charge in [0.2, 0.25) is 0 Å². The number of aromatic amines is 1. The molecule has 0 aliphatic rings. The molecule has 3 heteroatoms. The van der Waals surface area contributed by atoms with Gasteiger partial charge in [-0.3, -0.25) is 4.98 Å². The predicted molar refractivity (Wildman–Crippen MR) is 57.7 cm³/mol. The van der Waals surface area contributed by atoms with Crippen molar-refractivity contribution < 1.29 is 4.42 Å². The van der Waals surface area contributed by atoms with E-state index in [2.05, 4.69) is 4.98 Å². The van der Waals surface area contributed by atoms with Crippen molar-refractivity contribution in [1.29, 1.82) is 0 Å². The van der Waals surface area contributed by atoms with E-state index in [-0.39, 0.29) is 0 Å². The zero-order valence-electron chi connectivity index (χ0n) is 8.97. The summed E-state index contributed by atoms with van der Waals surface area (Å²) in [6.45, 7) is 7.91. The molecule has 1 aromatic heterocycles. The van der Waals surface area contributed by atoms with Crippen molar-refractivity contribution >= 4 is 11.1 Å². The van der Waals surface area contributed by atoms with Gasteiger partial charge in [0, 0.05) is 0 Å². The van der Waals surface area contributed by atoms with Crippen LogP contribution in [0.5, 0.6) is 0 Å². The second-order valence-electron chi connectivity index (χ2n) is 2.97. The molecular formula is C11H15NO2. The van der Waals surface area contributed by atoms with Crippen molar-refractivity contribution in [2.24, 2.45) is 0 Å². The van der Waals surface area contributed by atoms with Crippen LogP contribution in [0.1, 0.15) is 25.0 Å². The average Bonchev–Trinajstić information content (AvgIpc) is 2.49. The Balaban J connectivity index is 0.000000461. The molecule has 0 saturated carbocycles. The summed E-state index contributed by atoms with van der Waals surface area (Å²) in [5.41, 5.74) is 3.54. The highest BCUT2D eigenvalue weighted by molar-refractivity contribution is 5.76. The Morgan fingerprint density at radius 2 is 1.86 bits per heavy atom. The number of aromatic nitrogens is 1. The number of hydrogen-bond donors (Lipinski definition) is 1. The lowest BCUT2D eigenvalue weighted by Gasteiger charge is -1.94. The van der Waals surface area contributed by atoms with E-state index in [1.807, 2.05) is 39.8 Å². The van der Waals surface area contributed by atoms with Crippen molar-refractivity contribution in [1.82, 2.24) is 4.98 Å². The number of benzene rings is 1. The average molecular weight is 193 g/mol. The summed E-state index contributed by atoms with van der Waals surface area (Å²) in [6, 6.07) is 3.88. The third kappa shape index (κ3) is 1.87. The summed E-state index contributed by atoms with van der Waals surface area (Å²) < 4.78 is 4.94. The van der Waals surface area contributed by atoms with Crippen LogP contribution in [0.4, 0.5) is 0 Å². The highest BCUT2D eigenvalue weighted by Gasteiger charge is 2.03. The monoisotopic (exact) mass is 193 g/mol. The van der Waals surface area contributed by atoms with Gasteiger partial charge in [0.15, 0.2) is 5.58 Å². The maximum Gasteiger partial charge on any atom is 0.417 e. The molecule has 3 nitrogen and oxygen atoms in total. The third-order valence-corrected chi connectivity index (χ3v) is 1.85. The first-order valence-electron chi connectivity index (χ1n) is 4.77. The maximum atomic E-state index is 10.8. The number of nitrogens with one attached hydrogen (secondary N) is 1. The lowest BCUT2D eigenvalue weighted by atomic mass is 10.1. The largest absolute Gasteiger partial charge is 0.417 e. The van der Waals surface area contributed by atoms with Gasteiger partial charge in [0.05, 0.1) is 5.52 Å². The Morgan fingerprint density at radius 3 is 2.50 bits per heavy atom. The highest BCUT2D eigenvalue weighted by atomic mass is 16.4. The predicted octanol–water partition coefficient (Wildman–Crippen LogP) is 2.76. The molecule has 0 radical (unpaired) electrons. The van der Waals surface area contributed by atoms with E-state index in [0.29, 0.717) is 5.58 Å². The molecule has 0 unspecified atom stereocenters. The number of fused-ring (bicyclic) bond motifs is 1. The zero-order valence-corrected chi connectivity index (χ0v) is 8.97. The number of aryl methyl sites for hydroxylation is 2.